The molecule has 0 bridgehead atoms. The van der Waals surface area contributed by atoms with E-state index in [-0.39, 0.29) is 17.5 Å². The zero-order valence-corrected chi connectivity index (χ0v) is 10.7. The molecule has 0 unspecified atom stereocenters. The van der Waals surface area contributed by atoms with Gasteiger partial charge < -0.3 is 10.5 Å². The third kappa shape index (κ3) is 3.10. The van der Waals surface area contributed by atoms with Crippen LogP contribution in [0.5, 0.6) is 11.5 Å². The summed E-state index contributed by atoms with van der Waals surface area (Å²) >= 11 is 0. The molecule has 20 heavy (non-hydrogen) atoms. The second kappa shape index (κ2) is 5.66. The zero-order valence-electron chi connectivity index (χ0n) is 10.7. The zero-order chi connectivity index (χ0) is 14.7. The summed E-state index contributed by atoms with van der Waals surface area (Å²) in [6.45, 7) is 1.85. The van der Waals surface area contributed by atoms with Crippen molar-refractivity contribution >= 4 is 5.69 Å². The Kier molecular flexibility index (Phi) is 3.95. The molecular weight excluding hydrogens is 263 g/mol. The van der Waals surface area contributed by atoms with Crippen molar-refractivity contribution in [2.45, 2.75) is 13.0 Å². The highest BCUT2D eigenvalue weighted by Crippen LogP contribution is 2.28. The van der Waals surface area contributed by atoms with Gasteiger partial charge in [0.05, 0.1) is 11.0 Å². The van der Waals surface area contributed by atoms with Crippen LogP contribution >= 0.6 is 0 Å². The fraction of sp³-hybridized carbons (Fsp3) is 0.143. The van der Waals surface area contributed by atoms with Crippen molar-refractivity contribution in [3.05, 3.63) is 64.0 Å². The number of nitro benzene ring substituents is 1. The summed E-state index contributed by atoms with van der Waals surface area (Å²) in [5, 5.41) is 10.5. The molecule has 0 saturated carbocycles. The second-order valence-electron chi connectivity index (χ2n) is 4.33. The van der Waals surface area contributed by atoms with E-state index >= 15 is 0 Å². The van der Waals surface area contributed by atoms with E-state index in [1.807, 2.05) is 6.92 Å². The molecule has 2 N–H and O–H groups in total. The molecule has 104 valence electrons. The Labute approximate surface area is 114 Å². The third-order valence-electron chi connectivity index (χ3n) is 2.76. The van der Waals surface area contributed by atoms with Crippen molar-refractivity contribution < 1.29 is 14.1 Å². The van der Waals surface area contributed by atoms with Gasteiger partial charge in [0, 0.05) is 12.1 Å². The van der Waals surface area contributed by atoms with E-state index in [0.717, 1.165) is 11.6 Å². The van der Waals surface area contributed by atoms with Crippen LogP contribution < -0.4 is 10.5 Å². The fourth-order valence-electron chi connectivity index (χ4n) is 1.65. The van der Waals surface area contributed by atoms with Crippen molar-refractivity contribution in [3.63, 3.8) is 0 Å². The lowest BCUT2D eigenvalue weighted by Crippen LogP contribution is -2.04. The van der Waals surface area contributed by atoms with Gasteiger partial charge >= 0.3 is 0 Å². The van der Waals surface area contributed by atoms with E-state index in [4.69, 9.17) is 10.5 Å². The van der Waals surface area contributed by atoms with Crippen LogP contribution in [0.3, 0.4) is 0 Å². The van der Waals surface area contributed by atoms with Gasteiger partial charge in [-0.25, -0.2) is 4.39 Å². The van der Waals surface area contributed by atoms with Gasteiger partial charge in [0.15, 0.2) is 11.6 Å². The van der Waals surface area contributed by atoms with Gasteiger partial charge in [0.2, 0.25) is 0 Å². The maximum absolute atomic E-state index is 13.7. The van der Waals surface area contributed by atoms with Gasteiger partial charge in [-0.15, -0.1) is 0 Å². The van der Waals surface area contributed by atoms with Crippen LogP contribution in [0.15, 0.2) is 42.5 Å². The van der Waals surface area contributed by atoms with Gasteiger partial charge in [0.25, 0.3) is 5.69 Å². The monoisotopic (exact) mass is 276 g/mol. The number of nitrogens with two attached hydrogens (primary N) is 1. The van der Waals surface area contributed by atoms with Crippen LogP contribution in [0.2, 0.25) is 0 Å². The fourth-order valence-corrected chi connectivity index (χ4v) is 1.65. The molecule has 0 saturated heterocycles. The predicted octanol–water partition coefficient (Wildman–Crippen LogP) is 3.55. The first kappa shape index (κ1) is 14.0. The Morgan fingerprint density at radius 3 is 2.40 bits per heavy atom. The highest BCUT2D eigenvalue weighted by molar-refractivity contribution is 5.40. The Hall–Kier alpha value is -2.47. The third-order valence-corrected chi connectivity index (χ3v) is 2.76. The van der Waals surface area contributed by atoms with Gasteiger partial charge in [-0.05, 0) is 30.7 Å². The molecule has 0 aromatic heterocycles. The standard InChI is InChI=1S/C14H13FN2O3/c1-9(16)10-2-5-12(6-3-10)20-14-7-4-11(17(18)19)8-13(14)15/h2-9H,16H2,1H3/t9-/m0/s1. The van der Waals surface area contributed by atoms with Crippen LogP contribution in [-0.2, 0) is 0 Å². The lowest BCUT2D eigenvalue weighted by molar-refractivity contribution is -0.385. The Morgan fingerprint density at radius 2 is 1.90 bits per heavy atom. The summed E-state index contributed by atoms with van der Waals surface area (Å²) in [6.07, 6.45) is 0. The average Bonchev–Trinajstić information content (AvgIpc) is 2.41. The van der Waals surface area contributed by atoms with Crippen LogP contribution in [0.25, 0.3) is 0 Å². The number of hydrogen-bond acceptors (Lipinski definition) is 4. The number of non-ortho nitro benzene ring substituents is 1. The quantitative estimate of drug-likeness (QED) is 0.684. The minimum absolute atomic E-state index is 0.0656. The molecule has 0 aliphatic carbocycles. The minimum atomic E-state index is -0.782. The molecular formula is C14H13FN2O3. The molecule has 0 fully saturated rings. The minimum Gasteiger partial charge on any atom is -0.454 e. The molecule has 5 nitrogen and oxygen atoms in total. The normalized spacial score (nSPS) is 11.9. The van der Waals surface area contributed by atoms with Gasteiger partial charge in [-0.3, -0.25) is 10.1 Å². The number of nitrogens with zero attached hydrogens (tertiary/aromatic N) is 1. The maximum Gasteiger partial charge on any atom is 0.272 e. The first-order chi connectivity index (χ1) is 9.47. The van der Waals surface area contributed by atoms with Crippen molar-refractivity contribution in [1.82, 2.24) is 0 Å². The van der Waals surface area contributed by atoms with Crippen LogP contribution in [0.1, 0.15) is 18.5 Å². The average molecular weight is 276 g/mol. The maximum atomic E-state index is 13.7. The molecule has 0 aliphatic rings. The van der Waals surface area contributed by atoms with E-state index in [0.29, 0.717) is 5.75 Å². The molecule has 2 rings (SSSR count). The topological polar surface area (TPSA) is 78.4 Å². The van der Waals surface area contributed by atoms with Gasteiger partial charge in [-0.1, -0.05) is 12.1 Å². The molecule has 6 heteroatoms. The summed E-state index contributed by atoms with van der Waals surface area (Å²) in [5.41, 5.74) is 6.34. The second-order valence-corrected chi connectivity index (χ2v) is 4.33. The lowest BCUT2D eigenvalue weighted by atomic mass is 10.1. The SMILES string of the molecule is C[C@H](N)c1ccc(Oc2ccc([N+](=O)[O-])cc2F)cc1. The van der Waals surface area contributed by atoms with Crippen LogP contribution in [-0.4, -0.2) is 4.92 Å². The largest absolute Gasteiger partial charge is 0.454 e. The molecule has 2 aromatic rings. The van der Waals surface area contributed by atoms with E-state index in [2.05, 4.69) is 0 Å². The summed E-state index contributed by atoms with van der Waals surface area (Å²) in [6, 6.07) is 10.0. The van der Waals surface area contributed by atoms with E-state index in [9.17, 15) is 14.5 Å². The molecule has 0 amide bonds. The van der Waals surface area contributed by atoms with Crippen molar-refractivity contribution in [2.24, 2.45) is 5.73 Å². The van der Waals surface area contributed by atoms with Gasteiger partial charge in [-0.2, -0.15) is 0 Å². The Balaban J connectivity index is 2.19. The van der Waals surface area contributed by atoms with Crippen LogP contribution in [0.4, 0.5) is 10.1 Å². The highest BCUT2D eigenvalue weighted by atomic mass is 19.1. The first-order valence-electron chi connectivity index (χ1n) is 5.94. The molecule has 1 atom stereocenters. The van der Waals surface area contributed by atoms with Crippen molar-refractivity contribution in [3.8, 4) is 11.5 Å². The van der Waals surface area contributed by atoms with Crippen LogP contribution in [0, 0.1) is 15.9 Å². The van der Waals surface area contributed by atoms with Gasteiger partial charge in [0.1, 0.15) is 5.75 Å². The first-order valence-corrected chi connectivity index (χ1v) is 5.94. The number of rotatable bonds is 4. The summed E-state index contributed by atoms with van der Waals surface area (Å²) < 4.78 is 19.0. The molecule has 0 radical (unpaired) electrons. The predicted molar refractivity (Wildman–Crippen MR) is 72.2 cm³/mol. The number of hydrogen-bond donors (Lipinski definition) is 1. The molecule has 0 spiro atoms. The molecule has 0 aliphatic heterocycles. The smallest absolute Gasteiger partial charge is 0.272 e. The number of benzene rings is 2. The Bertz CT molecular complexity index is 627. The number of halogens is 1. The summed E-state index contributed by atoms with van der Waals surface area (Å²) in [7, 11) is 0. The highest BCUT2D eigenvalue weighted by Gasteiger charge is 2.12. The summed E-state index contributed by atoms with van der Waals surface area (Å²) in [5.74, 6) is -0.415. The molecule has 0 heterocycles. The van der Waals surface area contributed by atoms with Crippen molar-refractivity contribution in [2.75, 3.05) is 0 Å². The van der Waals surface area contributed by atoms with E-state index in [1.54, 1.807) is 24.3 Å². The van der Waals surface area contributed by atoms with Crippen molar-refractivity contribution in [1.29, 1.82) is 0 Å². The van der Waals surface area contributed by atoms with E-state index < -0.39 is 10.7 Å². The lowest BCUT2D eigenvalue weighted by Gasteiger charge is -2.09. The van der Waals surface area contributed by atoms with E-state index in [1.165, 1.54) is 12.1 Å². The number of ether oxygens (including phenoxy) is 1. The number of nitro groups is 1. The molecule has 2 aromatic carbocycles. The Morgan fingerprint density at radius 1 is 1.25 bits per heavy atom. The summed E-state index contributed by atoms with van der Waals surface area (Å²) in [4.78, 5) is 9.85.